The van der Waals surface area contributed by atoms with E-state index >= 15 is 0 Å². The summed E-state index contributed by atoms with van der Waals surface area (Å²) < 4.78 is 5.80. The zero-order valence-corrected chi connectivity index (χ0v) is 16.3. The van der Waals surface area contributed by atoms with Crippen LogP contribution in [-0.2, 0) is 6.42 Å². The summed E-state index contributed by atoms with van der Waals surface area (Å²) >= 11 is 0. The average Bonchev–Trinajstić information content (AvgIpc) is 2.70. The van der Waals surface area contributed by atoms with E-state index in [1.165, 1.54) is 0 Å². The third-order valence-corrected chi connectivity index (χ3v) is 4.03. The Bertz CT molecular complexity index is 957. The Morgan fingerprint density at radius 1 is 1.04 bits per heavy atom. The number of anilines is 3. The third kappa shape index (κ3) is 4.85. The normalized spacial score (nSPS) is 10.6. The number of carbonyl (C=O) groups is 1. The van der Waals surface area contributed by atoms with Crippen LogP contribution in [-0.4, -0.2) is 22.0 Å². The van der Waals surface area contributed by atoms with Gasteiger partial charge in [-0.3, -0.25) is 4.79 Å². The van der Waals surface area contributed by atoms with Gasteiger partial charge in [0.2, 0.25) is 5.95 Å². The molecule has 28 heavy (non-hydrogen) atoms. The maximum absolute atomic E-state index is 12.6. The molecule has 2 N–H and O–H groups in total. The number of nitrogens with zero attached hydrogens (tertiary/aromatic N) is 2. The number of hydrogen-bond acceptors (Lipinski definition) is 5. The molecule has 1 aromatic heterocycles. The van der Waals surface area contributed by atoms with Crippen molar-refractivity contribution in [1.29, 1.82) is 0 Å². The molecule has 144 valence electrons. The molecule has 1 amide bonds. The summed E-state index contributed by atoms with van der Waals surface area (Å²) in [6.45, 7) is 5.98. The minimum absolute atomic E-state index is 0.0413. The van der Waals surface area contributed by atoms with Crippen molar-refractivity contribution in [2.24, 2.45) is 0 Å². The Morgan fingerprint density at radius 2 is 1.75 bits per heavy atom. The van der Waals surface area contributed by atoms with Crippen LogP contribution in [0.4, 0.5) is 17.3 Å². The lowest BCUT2D eigenvalue weighted by molar-refractivity contribution is 0.102. The number of para-hydroxylation sites is 3. The first kappa shape index (κ1) is 19.4. The van der Waals surface area contributed by atoms with Crippen molar-refractivity contribution in [2.75, 3.05) is 10.6 Å². The molecule has 0 bridgehead atoms. The number of nitrogens with one attached hydrogen (secondary N) is 2. The van der Waals surface area contributed by atoms with E-state index in [2.05, 4.69) is 20.6 Å². The van der Waals surface area contributed by atoms with Gasteiger partial charge in [-0.05, 0) is 50.1 Å². The summed E-state index contributed by atoms with van der Waals surface area (Å²) in [5.74, 6) is 0.752. The molecule has 6 nitrogen and oxygen atoms in total. The molecule has 3 aromatic rings. The van der Waals surface area contributed by atoms with Gasteiger partial charge in [0.05, 0.1) is 11.8 Å². The van der Waals surface area contributed by atoms with Crippen LogP contribution in [0.3, 0.4) is 0 Å². The van der Waals surface area contributed by atoms with E-state index in [1.54, 1.807) is 12.3 Å². The highest BCUT2D eigenvalue weighted by Crippen LogP contribution is 2.27. The smallest absolute Gasteiger partial charge is 0.274 e. The van der Waals surface area contributed by atoms with Crippen molar-refractivity contribution in [2.45, 2.75) is 33.3 Å². The fourth-order valence-electron chi connectivity index (χ4n) is 2.73. The molecule has 1 heterocycles. The van der Waals surface area contributed by atoms with Crippen LogP contribution in [0.1, 0.15) is 36.8 Å². The van der Waals surface area contributed by atoms with Crippen molar-refractivity contribution in [3.8, 4) is 5.75 Å². The molecule has 0 saturated carbocycles. The number of rotatable bonds is 7. The molecule has 0 aliphatic heterocycles. The van der Waals surface area contributed by atoms with Crippen LogP contribution in [0.5, 0.6) is 5.75 Å². The first-order valence-electron chi connectivity index (χ1n) is 9.32. The fraction of sp³-hybridized carbons (Fsp3) is 0.227. The highest BCUT2D eigenvalue weighted by atomic mass is 16.5. The summed E-state index contributed by atoms with van der Waals surface area (Å²) in [6.07, 6.45) is 2.43. The van der Waals surface area contributed by atoms with E-state index in [-0.39, 0.29) is 17.7 Å². The molecule has 0 fully saturated rings. The van der Waals surface area contributed by atoms with Gasteiger partial charge < -0.3 is 15.4 Å². The zero-order chi connectivity index (χ0) is 19.9. The Labute approximate surface area is 165 Å². The maximum Gasteiger partial charge on any atom is 0.274 e. The topological polar surface area (TPSA) is 76.1 Å². The van der Waals surface area contributed by atoms with Crippen LogP contribution in [0, 0.1) is 0 Å². The molecule has 3 rings (SSSR count). The SMILES string of the molecule is CCc1ccccc1NC(=O)c1ccnc(Nc2ccccc2OC(C)C)n1. The van der Waals surface area contributed by atoms with Crippen LogP contribution >= 0.6 is 0 Å². The minimum atomic E-state index is -0.280. The third-order valence-electron chi connectivity index (χ3n) is 4.03. The van der Waals surface area contributed by atoms with E-state index in [9.17, 15) is 4.79 Å². The molecule has 6 heteroatoms. The first-order chi connectivity index (χ1) is 13.6. The van der Waals surface area contributed by atoms with Gasteiger partial charge in [-0.1, -0.05) is 37.3 Å². The quantitative estimate of drug-likeness (QED) is 0.618. The summed E-state index contributed by atoms with van der Waals surface area (Å²) in [5, 5.41) is 6.06. The van der Waals surface area contributed by atoms with E-state index in [0.717, 1.165) is 23.4 Å². The standard InChI is InChI=1S/C22H24N4O2/c1-4-16-9-5-6-10-17(16)24-21(27)19-13-14-23-22(26-19)25-18-11-7-8-12-20(18)28-15(2)3/h5-15H,4H2,1-3H3,(H,24,27)(H,23,25,26). The second kappa shape index (κ2) is 8.99. The van der Waals surface area contributed by atoms with E-state index in [1.807, 2.05) is 69.3 Å². The summed E-state index contributed by atoms with van der Waals surface area (Å²) in [4.78, 5) is 21.2. The summed E-state index contributed by atoms with van der Waals surface area (Å²) in [5.41, 5.74) is 2.89. The second-order valence-corrected chi connectivity index (χ2v) is 6.52. The molecule has 2 aromatic carbocycles. The van der Waals surface area contributed by atoms with Crippen molar-refractivity contribution in [3.63, 3.8) is 0 Å². The van der Waals surface area contributed by atoms with Crippen molar-refractivity contribution < 1.29 is 9.53 Å². The number of carbonyl (C=O) groups excluding carboxylic acids is 1. The highest BCUT2D eigenvalue weighted by Gasteiger charge is 2.12. The maximum atomic E-state index is 12.6. The number of amides is 1. The lowest BCUT2D eigenvalue weighted by Gasteiger charge is -2.15. The number of aromatic nitrogens is 2. The number of aryl methyl sites for hydroxylation is 1. The van der Waals surface area contributed by atoms with E-state index < -0.39 is 0 Å². The molecule has 0 saturated heterocycles. The van der Waals surface area contributed by atoms with Gasteiger partial charge in [0.15, 0.2) is 0 Å². The van der Waals surface area contributed by atoms with Gasteiger partial charge in [-0.2, -0.15) is 0 Å². The van der Waals surface area contributed by atoms with Gasteiger partial charge in [0.25, 0.3) is 5.91 Å². The average molecular weight is 376 g/mol. The van der Waals surface area contributed by atoms with E-state index in [0.29, 0.717) is 11.7 Å². The van der Waals surface area contributed by atoms with Crippen molar-refractivity contribution >= 4 is 23.2 Å². The fourth-order valence-corrected chi connectivity index (χ4v) is 2.73. The second-order valence-electron chi connectivity index (χ2n) is 6.52. The van der Waals surface area contributed by atoms with E-state index in [4.69, 9.17) is 4.74 Å². The molecular weight excluding hydrogens is 352 g/mol. The minimum Gasteiger partial charge on any atom is -0.489 e. The molecular formula is C22H24N4O2. The van der Waals surface area contributed by atoms with Crippen LogP contribution in [0.15, 0.2) is 60.8 Å². The molecule has 0 spiro atoms. The number of benzene rings is 2. The molecule has 0 unspecified atom stereocenters. The van der Waals surface area contributed by atoms with Crippen LogP contribution in [0.25, 0.3) is 0 Å². The Balaban J connectivity index is 1.78. The van der Waals surface area contributed by atoms with Crippen LogP contribution in [0.2, 0.25) is 0 Å². The Hall–Kier alpha value is -3.41. The molecule has 0 radical (unpaired) electrons. The van der Waals surface area contributed by atoms with Crippen molar-refractivity contribution in [1.82, 2.24) is 9.97 Å². The number of hydrogen-bond donors (Lipinski definition) is 2. The molecule has 0 atom stereocenters. The summed E-state index contributed by atoms with van der Waals surface area (Å²) in [6, 6.07) is 16.9. The van der Waals surface area contributed by atoms with Crippen molar-refractivity contribution in [3.05, 3.63) is 72.1 Å². The lowest BCUT2D eigenvalue weighted by Crippen LogP contribution is -2.16. The largest absolute Gasteiger partial charge is 0.489 e. The van der Waals surface area contributed by atoms with Gasteiger partial charge in [0, 0.05) is 11.9 Å². The predicted octanol–water partition coefficient (Wildman–Crippen LogP) is 4.82. The Morgan fingerprint density at radius 3 is 2.50 bits per heavy atom. The van der Waals surface area contributed by atoms with Gasteiger partial charge in [-0.15, -0.1) is 0 Å². The zero-order valence-electron chi connectivity index (χ0n) is 16.3. The molecule has 0 aliphatic rings. The van der Waals surface area contributed by atoms with Gasteiger partial charge >= 0.3 is 0 Å². The monoisotopic (exact) mass is 376 g/mol. The summed E-state index contributed by atoms with van der Waals surface area (Å²) in [7, 11) is 0. The predicted molar refractivity (Wildman–Crippen MR) is 111 cm³/mol. The lowest BCUT2D eigenvalue weighted by atomic mass is 10.1. The van der Waals surface area contributed by atoms with Gasteiger partial charge in [-0.25, -0.2) is 9.97 Å². The number of ether oxygens (including phenoxy) is 1. The Kier molecular flexibility index (Phi) is 6.22. The van der Waals surface area contributed by atoms with Crippen LogP contribution < -0.4 is 15.4 Å². The molecule has 0 aliphatic carbocycles. The first-order valence-corrected chi connectivity index (χ1v) is 9.32. The van der Waals surface area contributed by atoms with Gasteiger partial charge in [0.1, 0.15) is 11.4 Å². The highest BCUT2D eigenvalue weighted by molar-refractivity contribution is 6.03.